The first-order chi connectivity index (χ1) is 11.3. The van der Waals surface area contributed by atoms with E-state index in [1.165, 1.54) is 25.6 Å². The predicted octanol–water partition coefficient (Wildman–Crippen LogP) is 1.78. The second-order valence-electron chi connectivity index (χ2n) is 5.92. The predicted molar refractivity (Wildman–Crippen MR) is 84.6 cm³/mol. The molecule has 3 heterocycles. The second-order valence-corrected chi connectivity index (χ2v) is 5.92. The number of piperidine rings is 1. The van der Waals surface area contributed by atoms with Crippen molar-refractivity contribution in [1.29, 1.82) is 0 Å². The van der Waals surface area contributed by atoms with E-state index in [1.54, 1.807) is 17.3 Å². The smallest absolute Gasteiger partial charge is 0.244 e. The molecular formula is C16H23N5O2. The highest BCUT2D eigenvalue weighted by atomic mass is 16.3. The molecule has 1 aliphatic heterocycles. The Kier molecular flexibility index (Phi) is 5.07. The summed E-state index contributed by atoms with van der Waals surface area (Å²) in [6.07, 6.45) is 8.34. The van der Waals surface area contributed by atoms with E-state index in [-0.39, 0.29) is 18.0 Å². The molecular weight excluding hydrogens is 294 g/mol. The van der Waals surface area contributed by atoms with E-state index in [4.69, 9.17) is 4.42 Å². The Balaban J connectivity index is 1.63. The molecule has 7 nitrogen and oxygen atoms in total. The highest BCUT2D eigenvalue weighted by Crippen LogP contribution is 2.24. The molecule has 0 spiro atoms. The van der Waals surface area contributed by atoms with Gasteiger partial charge in [0, 0.05) is 6.54 Å². The van der Waals surface area contributed by atoms with Gasteiger partial charge in [0.2, 0.25) is 5.91 Å². The van der Waals surface area contributed by atoms with E-state index < -0.39 is 0 Å². The van der Waals surface area contributed by atoms with E-state index >= 15 is 0 Å². The Morgan fingerprint density at radius 2 is 2.22 bits per heavy atom. The van der Waals surface area contributed by atoms with E-state index in [9.17, 15) is 4.79 Å². The van der Waals surface area contributed by atoms with E-state index in [1.807, 2.05) is 19.1 Å². The first-order valence-electron chi connectivity index (χ1n) is 8.15. The minimum atomic E-state index is -0.379. The molecule has 2 atom stereocenters. The molecule has 1 fully saturated rings. The number of carbonyl (C=O) groups is 1. The average molecular weight is 317 g/mol. The Morgan fingerprint density at radius 1 is 1.39 bits per heavy atom. The summed E-state index contributed by atoms with van der Waals surface area (Å²) in [5, 5.41) is 7.05. The van der Waals surface area contributed by atoms with Crippen molar-refractivity contribution in [2.75, 3.05) is 19.6 Å². The van der Waals surface area contributed by atoms with Crippen LogP contribution in [0.3, 0.4) is 0 Å². The molecule has 1 N–H and O–H groups in total. The number of carbonyl (C=O) groups excluding carboxylic acids is 1. The van der Waals surface area contributed by atoms with Crippen LogP contribution < -0.4 is 5.32 Å². The number of likely N-dealkylation sites (tertiary alicyclic amines) is 1. The maximum absolute atomic E-state index is 12.3. The van der Waals surface area contributed by atoms with Gasteiger partial charge >= 0.3 is 0 Å². The van der Waals surface area contributed by atoms with Crippen LogP contribution in [0, 0.1) is 0 Å². The summed E-state index contributed by atoms with van der Waals surface area (Å²) in [6.45, 7) is 4.43. The van der Waals surface area contributed by atoms with Gasteiger partial charge in [-0.3, -0.25) is 9.69 Å². The number of aromatic nitrogens is 3. The largest absolute Gasteiger partial charge is 0.468 e. The molecule has 7 heteroatoms. The van der Waals surface area contributed by atoms with Crippen LogP contribution in [-0.4, -0.2) is 45.2 Å². The monoisotopic (exact) mass is 317 g/mol. The normalized spacial score (nSPS) is 18.5. The van der Waals surface area contributed by atoms with Crippen LogP contribution in [0.15, 0.2) is 35.5 Å². The average Bonchev–Trinajstić information content (AvgIpc) is 3.29. The van der Waals surface area contributed by atoms with E-state index in [0.29, 0.717) is 6.54 Å². The van der Waals surface area contributed by atoms with Gasteiger partial charge in [-0.15, -0.1) is 0 Å². The third-order valence-electron chi connectivity index (χ3n) is 4.39. The van der Waals surface area contributed by atoms with Gasteiger partial charge < -0.3 is 9.73 Å². The van der Waals surface area contributed by atoms with Gasteiger partial charge in [-0.05, 0) is 45.0 Å². The molecule has 1 saturated heterocycles. The molecule has 0 aromatic carbocycles. The fraction of sp³-hybridized carbons (Fsp3) is 0.562. The van der Waals surface area contributed by atoms with Gasteiger partial charge in [0.05, 0.1) is 12.3 Å². The van der Waals surface area contributed by atoms with Gasteiger partial charge in [-0.1, -0.05) is 6.42 Å². The fourth-order valence-corrected chi connectivity index (χ4v) is 3.00. The van der Waals surface area contributed by atoms with Crippen LogP contribution in [0.25, 0.3) is 0 Å². The zero-order valence-electron chi connectivity index (χ0n) is 13.4. The number of rotatable bonds is 6. The Labute approximate surface area is 135 Å². The summed E-state index contributed by atoms with van der Waals surface area (Å²) in [7, 11) is 0. The summed E-state index contributed by atoms with van der Waals surface area (Å²) in [5.74, 6) is 0.838. The second kappa shape index (κ2) is 7.41. The van der Waals surface area contributed by atoms with Crippen molar-refractivity contribution in [3.63, 3.8) is 0 Å². The lowest BCUT2D eigenvalue weighted by Crippen LogP contribution is -2.42. The zero-order valence-corrected chi connectivity index (χ0v) is 13.4. The number of nitrogens with one attached hydrogen (secondary N) is 1. The number of nitrogens with zero attached hydrogens (tertiary/aromatic N) is 4. The zero-order chi connectivity index (χ0) is 16.1. The third kappa shape index (κ3) is 3.79. The van der Waals surface area contributed by atoms with Crippen LogP contribution in [0.4, 0.5) is 0 Å². The van der Waals surface area contributed by atoms with Crippen molar-refractivity contribution >= 4 is 5.91 Å². The van der Waals surface area contributed by atoms with Gasteiger partial charge in [0.25, 0.3) is 0 Å². The summed E-state index contributed by atoms with van der Waals surface area (Å²) in [5.41, 5.74) is 0. The van der Waals surface area contributed by atoms with Crippen molar-refractivity contribution in [2.24, 2.45) is 0 Å². The van der Waals surface area contributed by atoms with Crippen LogP contribution in [0.5, 0.6) is 0 Å². The summed E-state index contributed by atoms with van der Waals surface area (Å²) >= 11 is 0. The fourth-order valence-electron chi connectivity index (χ4n) is 3.00. The molecule has 0 saturated carbocycles. The van der Waals surface area contributed by atoms with Crippen molar-refractivity contribution in [3.05, 3.63) is 36.8 Å². The molecule has 0 radical (unpaired) electrons. The molecule has 3 rings (SSSR count). The van der Waals surface area contributed by atoms with Gasteiger partial charge in [0.15, 0.2) is 0 Å². The maximum Gasteiger partial charge on any atom is 0.244 e. The first kappa shape index (κ1) is 15.7. The first-order valence-corrected chi connectivity index (χ1v) is 8.15. The molecule has 124 valence electrons. The third-order valence-corrected chi connectivity index (χ3v) is 4.39. The van der Waals surface area contributed by atoms with Crippen LogP contribution in [0.1, 0.15) is 44.0 Å². The van der Waals surface area contributed by atoms with Gasteiger partial charge in [-0.25, -0.2) is 9.67 Å². The number of hydrogen-bond acceptors (Lipinski definition) is 5. The molecule has 2 aromatic heterocycles. The quantitative estimate of drug-likeness (QED) is 0.879. The van der Waals surface area contributed by atoms with Crippen LogP contribution in [-0.2, 0) is 4.79 Å². The molecule has 2 aromatic rings. The van der Waals surface area contributed by atoms with Gasteiger partial charge in [0.1, 0.15) is 24.5 Å². The van der Waals surface area contributed by atoms with Crippen LogP contribution >= 0.6 is 0 Å². The van der Waals surface area contributed by atoms with Gasteiger partial charge in [-0.2, -0.15) is 5.10 Å². The maximum atomic E-state index is 12.3. The lowest BCUT2D eigenvalue weighted by atomic mass is 10.1. The molecule has 1 aliphatic rings. The number of hydrogen-bond donors (Lipinski definition) is 1. The molecule has 23 heavy (non-hydrogen) atoms. The molecule has 1 amide bonds. The van der Waals surface area contributed by atoms with Crippen molar-refractivity contribution in [1.82, 2.24) is 25.0 Å². The summed E-state index contributed by atoms with van der Waals surface area (Å²) < 4.78 is 7.15. The lowest BCUT2D eigenvalue weighted by molar-refractivity contribution is -0.124. The minimum absolute atomic E-state index is 0.0657. The molecule has 0 bridgehead atoms. The van der Waals surface area contributed by atoms with Crippen molar-refractivity contribution < 1.29 is 9.21 Å². The molecule has 0 unspecified atom stereocenters. The van der Waals surface area contributed by atoms with Crippen molar-refractivity contribution in [2.45, 2.75) is 38.3 Å². The molecule has 0 aliphatic carbocycles. The van der Waals surface area contributed by atoms with Crippen molar-refractivity contribution in [3.8, 4) is 0 Å². The standard InChI is InChI=1S/C16H23N5O2/c1-13(21-12-17-11-19-21)16(22)18-10-14(15-6-5-9-23-15)20-7-3-2-4-8-20/h5-6,9,11-14H,2-4,7-8,10H2,1H3,(H,18,22)/t13-,14+/m1/s1. The topological polar surface area (TPSA) is 76.2 Å². The summed E-state index contributed by atoms with van der Waals surface area (Å²) in [6, 6.07) is 3.58. The lowest BCUT2D eigenvalue weighted by Gasteiger charge is -2.33. The van der Waals surface area contributed by atoms with E-state index in [2.05, 4.69) is 20.3 Å². The minimum Gasteiger partial charge on any atom is -0.468 e. The highest BCUT2D eigenvalue weighted by Gasteiger charge is 2.26. The van der Waals surface area contributed by atoms with E-state index in [0.717, 1.165) is 18.8 Å². The van der Waals surface area contributed by atoms with Crippen LogP contribution in [0.2, 0.25) is 0 Å². The summed E-state index contributed by atoms with van der Waals surface area (Å²) in [4.78, 5) is 18.6. The SMILES string of the molecule is C[C@H](C(=O)NC[C@@H](c1ccco1)N1CCCCC1)n1cncn1. The Bertz CT molecular complexity index is 590. The number of furan rings is 1. The highest BCUT2D eigenvalue weighted by molar-refractivity contribution is 5.79. The Hall–Kier alpha value is -2.15. The number of amides is 1. The Morgan fingerprint density at radius 3 is 2.87 bits per heavy atom.